The molecule has 1 amide bonds. The maximum absolute atomic E-state index is 13.0. The lowest BCUT2D eigenvalue weighted by Gasteiger charge is -2.28. The zero-order chi connectivity index (χ0) is 18.9. The third-order valence-electron chi connectivity index (χ3n) is 5.17. The Kier molecular flexibility index (Phi) is 5.38. The fourth-order valence-corrected chi connectivity index (χ4v) is 5.22. The molecule has 2 atom stereocenters. The zero-order valence-corrected chi connectivity index (χ0v) is 15.6. The number of hydrogen-bond acceptors (Lipinski definition) is 5. The molecular weight excluding hydrogens is 360 g/mol. The van der Waals surface area contributed by atoms with E-state index in [1.165, 1.54) is 0 Å². The number of carboxylic acids is 1. The highest BCUT2D eigenvalue weighted by Gasteiger charge is 2.42. The standard InChI is InChI=1S/C17H24N2O6S/c1-12-4-2-9-18(11-8-12)16(20)13-5-3-10-19(13)26(23,24)15-7-6-14(25-15)17(21)22/h6-7,12-13H,2-5,8-11H2,1H3,(H,21,22). The maximum atomic E-state index is 13.0. The minimum absolute atomic E-state index is 0.162. The number of furan rings is 1. The normalized spacial score (nSPS) is 25.2. The summed E-state index contributed by atoms with van der Waals surface area (Å²) in [5.41, 5.74) is 0. The Morgan fingerprint density at radius 2 is 1.85 bits per heavy atom. The molecule has 1 aromatic heterocycles. The second-order valence-electron chi connectivity index (χ2n) is 7.06. The van der Waals surface area contributed by atoms with E-state index in [-0.39, 0.29) is 12.5 Å². The number of rotatable bonds is 4. The fraction of sp³-hybridized carbons (Fsp3) is 0.647. The van der Waals surface area contributed by atoms with E-state index in [2.05, 4.69) is 6.92 Å². The molecule has 2 unspecified atom stereocenters. The first-order valence-electron chi connectivity index (χ1n) is 8.94. The number of carboxylic acid groups (broad SMARTS) is 1. The minimum atomic E-state index is -4.05. The Morgan fingerprint density at radius 1 is 1.12 bits per heavy atom. The topological polar surface area (TPSA) is 108 Å². The number of carbonyl (C=O) groups excluding carboxylic acids is 1. The van der Waals surface area contributed by atoms with Gasteiger partial charge in [0.15, 0.2) is 0 Å². The van der Waals surface area contributed by atoms with Crippen molar-refractivity contribution in [1.29, 1.82) is 0 Å². The molecule has 1 aromatic rings. The van der Waals surface area contributed by atoms with Crippen molar-refractivity contribution in [3.63, 3.8) is 0 Å². The van der Waals surface area contributed by atoms with Crippen LogP contribution in [0.5, 0.6) is 0 Å². The quantitative estimate of drug-likeness (QED) is 0.848. The average Bonchev–Trinajstić information content (AvgIpc) is 3.23. The van der Waals surface area contributed by atoms with Crippen molar-refractivity contribution in [2.45, 2.75) is 50.2 Å². The van der Waals surface area contributed by atoms with Gasteiger partial charge in [0.25, 0.3) is 10.0 Å². The van der Waals surface area contributed by atoms with Crippen LogP contribution in [0.2, 0.25) is 0 Å². The molecule has 8 nitrogen and oxygen atoms in total. The Labute approximate surface area is 152 Å². The first-order chi connectivity index (χ1) is 12.3. The number of nitrogens with zero attached hydrogens (tertiary/aromatic N) is 2. The summed E-state index contributed by atoms with van der Waals surface area (Å²) < 4.78 is 31.8. The van der Waals surface area contributed by atoms with E-state index in [0.29, 0.717) is 31.8 Å². The highest BCUT2D eigenvalue weighted by molar-refractivity contribution is 7.89. The minimum Gasteiger partial charge on any atom is -0.475 e. The summed E-state index contributed by atoms with van der Waals surface area (Å²) in [5.74, 6) is -1.37. The predicted molar refractivity (Wildman–Crippen MR) is 92.2 cm³/mol. The van der Waals surface area contributed by atoms with Crippen molar-refractivity contribution in [3.05, 3.63) is 17.9 Å². The molecule has 0 radical (unpaired) electrons. The maximum Gasteiger partial charge on any atom is 0.371 e. The number of carbonyl (C=O) groups is 2. The van der Waals surface area contributed by atoms with Gasteiger partial charge in [-0.2, -0.15) is 4.31 Å². The summed E-state index contributed by atoms with van der Waals surface area (Å²) in [7, 11) is -4.05. The Bertz CT molecular complexity index is 787. The lowest BCUT2D eigenvalue weighted by Crippen LogP contribution is -2.48. The van der Waals surface area contributed by atoms with Gasteiger partial charge >= 0.3 is 5.97 Å². The van der Waals surface area contributed by atoms with E-state index >= 15 is 0 Å². The van der Waals surface area contributed by atoms with Gasteiger partial charge in [-0.05, 0) is 50.2 Å². The Morgan fingerprint density at radius 3 is 2.54 bits per heavy atom. The van der Waals surface area contributed by atoms with E-state index in [9.17, 15) is 18.0 Å². The molecule has 2 fully saturated rings. The van der Waals surface area contributed by atoms with Crippen LogP contribution in [-0.2, 0) is 14.8 Å². The summed E-state index contributed by atoms with van der Waals surface area (Å²) in [6.07, 6.45) is 3.97. The summed E-state index contributed by atoms with van der Waals surface area (Å²) in [4.78, 5) is 25.7. The largest absolute Gasteiger partial charge is 0.475 e. The molecule has 0 bridgehead atoms. The van der Waals surface area contributed by atoms with Gasteiger partial charge in [-0.25, -0.2) is 13.2 Å². The molecule has 3 rings (SSSR count). The third-order valence-corrected chi connectivity index (χ3v) is 6.95. The molecule has 2 aliphatic heterocycles. The van der Waals surface area contributed by atoms with Crippen molar-refractivity contribution in [1.82, 2.24) is 9.21 Å². The molecule has 26 heavy (non-hydrogen) atoms. The van der Waals surface area contributed by atoms with Crippen molar-refractivity contribution < 1.29 is 27.5 Å². The van der Waals surface area contributed by atoms with Crippen LogP contribution < -0.4 is 0 Å². The summed E-state index contributed by atoms with van der Waals surface area (Å²) >= 11 is 0. The predicted octanol–water partition coefficient (Wildman–Crippen LogP) is 1.78. The molecule has 3 heterocycles. The van der Waals surface area contributed by atoms with Crippen molar-refractivity contribution >= 4 is 21.9 Å². The molecule has 1 N–H and O–H groups in total. The Balaban J connectivity index is 1.80. The second kappa shape index (κ2) is 7.40. The van der Waals surface area contributed by atoms with E-state index in [1.54, 1.807) is 4.90 Å². The van der Waals surface area contributed by atoms with Crippen LogP contribution in [0.1, 0.15) is 49.6 Å². The summed E-state index contributed by atoms with van der Waals surface area (Å²) in [6, 6.07) is 1.50. The van der Waals surface area contributed by atoms with E-state index in [1.807, 2.05) is 0 Å². The SMILES string of the molecule is CC1CCCN(C(=O)C2CCCN2S(=O)(=O)c2ccc(C(=O)O)o2)CC1. The van der Waals surface area contributed by atoms with Crippen LogP contribution in [0, 0.1) is 5.92 Å². The van der Waals surface area contributed by atoms with Crippen LogP contribution in [0.15, 0.2) is 21.6 Å². The monoisotopic (exact) mass is 384 g/mol. The van der Waals surface area contributed by atoms with E-state index in [4.69, 9.17) is 9.52 Å². The zero-order valence-electron chi connectivity index (χ0n) is 14.8. The number of aromatic carboxylic acids is 1. The number of hydrogen-bond donors (Lipinski definition) is 1. The summed E-state index contributed by atoms with van der Waals surface area (Å²) in [5, 5.41) is 8.49. The highest BCUT2D eigenvalue weighted by Crippen LogP contribution is 2.29. The fourth-order valence-electron chi connectivity index (χ4n) is 3.66. The molecule has 9 heteroatoms. The molecule has 0 aliphatic carbocycles. The van der Waals surface area contributed by atoms with Gasteiger partial charge in [0, 0.05) is 19.6 Å². The lowest BCUT2D eigenvalue weighted by molar-refractivity contribution is -0.134. The third kappa shape index (κ3) is 3.64. The summed E-state index contributed by atoms with van der Waals surface area (Å²) in [6.45, 7) is 3.69. The van der Waals surface area contributed by atoms with Crippen LogP contribution in [-0.4, -0.2) is 60.3 Å². The number of amides is 1. The van der Waals surface area contributed by atoms with Gasteiger partial charge in [-0.15, -0.1) is 0 Å². The van der Waals surface area contributed by atoms with Gasteiger partial charge in [0.05, 0.1) is 0 Å². The van der Waals surface area contributed by atoms with Crippen molar-refractivity contribution in [2.24, 2.45) is 5.92 Å². The molecule has 0 spiro atoms. The van der Waals surface area contributed by atoms with Crippen molar-refractivity contribution in [2.75, 3.05) is 19.6 Å². The lowest BCUT2D eigenvalue weighted by atomic mass is 10.0. The first kappa shape index (κ1) is 18.9. The molecule has 0 saturated carbocycles. The van der Waals surface area contributed by atoms with Crippen LogP contribution >= 0.6 is 0 Å². The highest BCUT2D eigenvalue weighted by atomic mass is 32.2. The number of likely N-dealkylation sites (tertiary alicyclic amines) is 1. The molecule has 144 valence electrons. The van der Waals surface area contributed by atoms with Crippen LogP contribution in [0.4, 0.5) is 0 Å². The molecule has 2 saturated heterocycles. The Hall–Kier alpha value is -1.87. The van der Waals surface area contributed by atoms with E-state index < -0.39 is 32.9 Å². The first-order valence-corrected chi connectivity index (χ1v) is 10.4. The van der Waals surface area contributed by atoms with Gasteiger partial charge in [0.2, 0.25) is 16.8 Å². The van der Waals surface area contributed by atoms with E-state index in [0.717, 1.165) is 35.7 Å². The number of sulfonamides is 1. The smallest absolute Gasteiger partial charge is 0.371 e. The average molecular weight is 384 g/mol. The van der Waals surface area contributed by atoms with Gasteiger partial charge in [0.1, 0.15) is 6.04 Å². The second-order valence-corrected chi connectivity index (χ2v) is 8.88. The molecule has 0 aromatic carbocycles. The van der Waals surface area contributed by atoms with Crippen LogP contribution in [0.3, 0.4) is 0 Å². The van der Waals surface area contributed by atoms with Gasteiger partial charge in [-0.3, -0.25) is 4.79 Å². The van der Waals surface area contributed by atoms with Gasteiger partial charge in [-0.1, -0.05) is 6.92 Å². The molecular formula is C17H24N2O6S. The van der Waals surface area contributed by atoms with Gasteiger partial charge < -0.3 is 14.4 Å². The van der Waals surface area contributed by atoms with Crippen LogP contribution in [0.25, 0.3) is 0 Å². The van der Waals surface area contributed by atoms with Crippen molar-refractivity contribution in [3.8, 4) is 0 Å². The molecule has 2 aliphatic rings.